The number of nitrogens with zero attached hydrogens (tertiary/aromatic N) is 1. The third kappa shape index (κ3) is 5.42. The molecule has 0 bridgehead atoms. The average molecular weight is 449 g/mol. The minimum Gasteiger partial charge on any atom is -0.324 e. The molecule has 1 atom stereocenters. The van der Waals surface area contributed by atoms with Crippen LogP contribution in [0, 0.1) is 13.8 Å². The summed E-state index contributed by atoms with van der Waals surface area (Å²) in [5, 5.41) is 2.07. The molecule has 158 valence electrons. The Morgan fingerprint density at radius 1 is 1.14 bits per heavy atom. The number of alkyl halides is 3. The first-order valence-electron chi connectivity index (χ1n) is 8.46. The summed E-state index contributed by atoms with van der Waals surface area (Å²) in [6, 6.07) is 6.74. The quantitative estimate of drug-likeness (QED) is 0.716. The number of amides is 1. The molecular weight excluding hydrogens is 429 g/mol. The van der Waals surface area contributed by atoms with Gasteiger partial charge in [0.1, 0.15) is 6.04 Å². The lowest BCUT2D eigenvalue weighted by Crippen LogP contribution is -2.45. The van der Waals surface area contributed by atoms with E-state index in [0.29, 0.717) is 16.1 Å². The molecule has 2 aromatic rings. The molecule has 0 aromatic heterocycles. The van der Waals surface area contributed by atoms with Gasteiger partial charge in [-0.25, -0.2) is 8.42 Å². The van der Waals surface area contributed by atoms with Crippen LogP contribution in [-0.2, 0) is 21.0 Å². The van der Waals surface area contributed by atoms with Crippen LogP contribution in [0.4, 0.5) is 24.5 Å². The lowest BCUT2D eigenvalue weighted by Gasteiger charge is -2.29. The third-order valence-corrected chi connectivity index (χ3v) is 5.82. The molecule has 10 heteroatoms. The highest BCUT2D eigenvalue weighted by Gasteiger charge is 2.36. The van der Waals surface area contributed by atoms with Crippen molar-refractivity contribution in [3.05, 3.63) is 58.1 Å². The van der Waals surface area contributed by atoms with Crippen molar-refractivity contribution in [1.82, 2.24) is 0 Å². The van der Waals surface area contributed by atoms with Crippen LogP contribution in [0.5, 0.6) is 0 Å². The van der Waals surface area contributed by atoms with Crippen LogP contribution in [-0.4, -0.2) is 26.6 Å². The van der Waals surface area contributed by atoms with Gasteiger partial charge in [0, 0.05) is 5.69 Å². The zero-order chi connectivity index (χ0) is 22.1. The first-order chi connectivity index (χ1) is 13.2. The minimum absolute atomic E-state index is 0.312. The van der Waals surface area contributed by atoms with Gasteiger partial charge in [-0.1, -0.05) is 23.7 Å². The van der Waals surface area contributed by atoms with Crippen LogP contribution in [0.25, 0.3) is 0 Å². The molecule has 0 saturated heterocycles. The molecule has 0 radical (unpaired) electrons. The number of rotatable bonds is 5. The molecule has 0 aliphatic carbocycles. The number of halogens is 4. The highest BCUT2D eigenvalue weighted by atomic mass is 35.5. The topological polar surface area (TPSA) is 66.5 Å². The summed E-state index contributed by atoms with van der Waals surface area (Å²) in [5.41, 5.74) is 0.627. The van der Waals surface area contributed by atoms with Crippen molar-refractivity contribution in [2.45, 2.75) is 33.0 Å². The lowest BCUT2D eigenvalue weighted by molar-refractivity contribution is -0.137. The Kier molecular flexibility index (Phi) is 6.54. The van der Waals surface area contributed by atoms with E-state index < -0.39 is 38.7 Å². The Morgan fingerprint density at radius 3 is 2.31 bits per heavy atom. The smallest absolute Gasteiger partial charge is 0.324 e. The summed E-state index contributed by atoms with van der Waals surface area (Å²) in [7, 11) is -4.09. The van der Waals surface area contributed by atoms with Gasteiger partial charge < -0.3 is 5.32 Å². The third-order valence-electron chi connectivity index (χ3n) is 4.25. The van der Waals surface area contributed by atoms with Crippen LogP contribution in [0.1, 0.15) is 23.6 Å². The SMILES string of the molecule is Cc1ccc(C)c(NC(=O)[C@H](C)N(c2ccc(Cl)c(C(F)(F)F)c2)S(C)(=O)=O)c1. The Bertz CT molecular complexity index is 1040. The second kappa shape index (κ2) is 8.23. The van der Waals surface area contributed by atoms with Crippen molar-refractivity contribution in [3.8, 4) is 0 Å². The number of hydrogen-bond donors (Lipinski definition) is 1. The van der Waals surface area contributed by atoms with E-state index >= 15 is 0 Å². The second-order valence-electron chi connectivity index (χ2n) is 6.70. The fourth-order valence-corrected chi connectivity index (χ4v) is 4.18. The summed E-state index contributed by atoms with van der Waals surface area (Å²) < 4.78 is 64.9. The molecule has 29 heavy (non-hydrogen) atoms. The van der Waals surface area contributed by atoms with Crippen molar-refractivity contribution in [3.63, 3.8) is 0 Å². The van der Waals surface area contributed by atoms with Crippen LogP contribution < -0.4 is 9.62 Å². The van der Waals surface area contributed by atoms with Gasteiger partial charge in [0.05, 0.1) is 22.5 Å². The number of benzene rings is 2. The van der Waals surface area contributed by atoms with Gasteiger partial charge in [-0.05, 0) is 56.2 Å². The number of carbonyl (C=O) groups excluding carboxylic acids is 1. The zero-order valence-corrected chi connectivity index (χ0v) is 17.7. The van der Waals surface area contributed by atoms with Gasteiger partial charge >= 0.3 is 6.18 Å². The maximum absolute atomic E-state index is 13.2. The van der Waals surface area contributed by atoms with Crippen molar-refractivity contribution in [2.24, 2.45) is 0 Å². The fourth-order valence-electron chi connectivity index (χ4n) is 2.78. The number of anilines is 2. The largest absolute Gasteiger partial charge is 0.417 e. The molecule has 0 heterocycles. The first-order valence-corrected chi connectivity index (χ1v) is 10.7. The predicted octanol–water partition coefficient (Wildman–Crippen LogP) is 4.77. The molecule has 2 aromatic carbocycles. The summed E-state index contributed by atoms with van der Waals surface area (Å²) >= 11 is 5.61. The molecule has 0 fully saturated rings. The molecule has 0 spiro atoms. The van der Waals surface area contributed by atoms with Gasteiger partial charge in [0.25, 0.3) is 0 Å². The molecular formula is C19H20ClF3N2O3S. The Morgan fingerprint density at radius 2 is 1.76 bits per heavy atom. The second-order valence-corrected chi connectivity index (χ2v) is 8.97. The molecule has 0 aliphatic rings. The van der Waals surface area contributed by atoms with Gasteiger partial charge in [0.2, 0.25) is 15.9 Å². The van der Waals surface area contributed by atoms with Crippen LogP contribution in [0.15, 0.2) is 36.4 Å². The van der Waals surface area contributed by atoms with Crippen molar-refractivity contribution < 1.29 is 26.4 Å². The molecule has 0 unspecified atom stereocenters. The van der Waals surface area contributed by atoms with E-state index in [-0.39, 0.29) is 5.69 Å². The first kappa shape index (κ1) is 23.0. The van der Waals surface area contributed by atoms with E-state index in [1.165, 1.54) is 6.92 Å². The molecule has 2 rings (SSSR count). The Balaban J connectivity index is 2.46. The van der Waals surface area contributed by atoms with Crippen molar-refractivity contribution >= 4 is 38.9 Å². The highest BCUT2D eigenvalue weighted by Crippen LogP contribution is 2.37. The van der Waals surface area contributed by atoms with Crippen molar-refractivity contribution in [1.29, 1.82) is 0 Å². The Hall–Kier alpha value is -2.26. The van der Waals surface area contributed by atoms with E-state index in [2.05, 4.69) is 5.32 Å². The maximum atomic E-state index is 13.2. The Labute approximate surface area is 172 Å². The van der Waals surface area contributed by atoms with Gasteiger partial charge in [-0.3, -0.25) is 9.10 Å². The lowest BCUT2D eigenvalue weighted by atomic mass is 10.1. The number of carbonyl (C=O) groups is 1. The fraction of sp³-hybridized carbons (Fsp3) is 0.316. The van der Waals surface area contributed by atoms with E-state index in [1.807, 2.05) is 13.0 Å². The van der Waals surface area contributed by atoms with E-state index in [0.717, 1.165) is 29.5 Å². The van der Waals surface area contributed by atoms with Gasteiger partial charge in [-0.2, -0.15) is 13.2 Å². The molecule has 0 aliphatic heterocycles. The number of nitrogens with one attached hydrogen (secondary N) is 1. The molecule has 1 N–H and O–H groups in total. The summed E-state index contributed by atoms with van der Waals surface area (Å²) in [4.78, 5) is 12.7. The number of hydrogen-bond acceptors (Lipinski definition) is 3. The summed E-state index contributed by atoms with van der Waals surface area (Å²) in [6.07, 6.45) is -3.96. The molecule has 1 amide bonds. The van der Waals surface area contributed by atoms with E-state index in [4.69, 9.17) is 11.6 Å². The normalized spacial score (nSPS) is 13.1. The standard InChI is InChI=1S/C19H20ClF3N2O3S/c1-11-5-6-12(2)17(9-11)24-18(26)13(3)25(29(4,27)28)14-7-8-16(20)15(10-14)19(21,22)23/h5-10,13H,1-4H3,(H,24,26)/t13-/m0/s1. The van der Waals surface area contributed by atoms with Crippen LogP contribution >= 0.6 is 11.6 Å². The van der Waals surface area contributed by atoms with Gasteiger partial charge in [-0.15, -0.1) is 0 Å². The minimum atomic E-state index is -4.78. The highest BCUT2D eigenvalue weighted by molar-refractivity contribution is 7.92. The van der Waals surface area contributed by atoms with Crippen molar-refractivity contribution in [2.75, 3.05) is 15.9 Å². The maximum Gasteiger partial charge on any atom is 0.417 e. The van der Waals surface area contributed by atoms with Crippen LogP contribution in [0.2, 0.25) is 5.02 Å². The molecule has 5 nitrogen and oxygen atoms in total. The zero-order valence-electron chi connectivity index (χ0n) is 16.1. The summed E-state index contributed by atoms with van der Waals surface area (Å²) in [5.74, 6) is -0.687. The average Bonchev–Trinajstić information content (AvgIpc) is 2.57. The van der Waals surface area contributed by atoms with Crippen LogP contribution in [0.3, 0.4) is 0 Å². The van der Waals surface area contributed by atoms with Gasteiger partial charge in [0.15, 0.2) is 0 Å². The number of aryl methyl sites for hydroxylation is 2. The molecule has 0 saturated carbocycles. The van der Waals surface area contributed by atoms with E-state index in [1.54, 1.807) is 19.1 Å². The number of sulfonamides is 1. The van der Waals surface area contributed by atoms with E-state index in [9.17, 15) is 26.4 Å². The monoisotopic (exact) mass is 448 g/mol. The summed E-state index contributed by atoms with van der Waals surface area (Å²) in [6.45, 7) is 4.89. The predicted molar refractivity (Wildman–Crippen MR) is 108 cm³/mol.